The third kappa shape index (κ3) is 3.63. The molecule has 32 heavy (non-hydrogen) atoms. The minimum Gasteiger partial charge on any atom is -0.374 e. The third-order valence-corrected chi connectivity index (χ3v) is 6.55. The molecule has 0 radical (unpaired) electrons. The Bertz CT molecular complexity index is 1090. The average molecular weight is 437 g/mol. The molecule has 3 fully saturated rings. The first kappa shape index (κ1) is 19.7. The van der Waals surface area contributed by atoms with Crippen LogP contribution in [0.3, 0.4) is 0 Å². The number of rotatable bonds is 6. The van der Waals surface area contributed by atoms with Gasteiger partial charge < -0.3 is 15.4 Å². The van der Waals surface area contributed by atoms with Crippen LogP contribution in [-0.4, -0.2) is 62.6 Å². The van der Waals surface area contributed by atoms with Gasteiger partial charge in [-0.15, -0.1) is 0 Å². The molecule has 0 aromatic carbocycles. The zero-order valence-corrected chi connectivity index (χ0v) is 18.4. The Kier molecular flexibility index (Phi) is 4.65. The van der Waals surface area contributed by atoms with E-state index in [1.54, 1.807) is 15.9 Å². The number of anilines is 1. The van der Waals surface area contributed by atoms with Gasteiger partial charge in [-0.1, -0.05) is 0 Å². The number of guanidine groups is 1. The third-order valence-electron chi connectivity index (χ3n) is 6.55. The van der Waals surface area contributed by atoms with E-state index in [1.807, 2.05) is 26.2 Å². The van der Waals surface area contributed by atoms with Crippen molar-refractivity contribution in [3.63, 3.8) is 0 Å². The number of aliphatic imine (C=N–C) groups is 1. The maximum Gasteiger partial charge on any atom is 0.220 e. The van der Waals surface area contributed by atoms with Gasteiger partial charge in [0.05, 0.1) is 36.7 Å². The van der Waals surface area contributed by atoms with Gasteiger partial charge in [0.1, 0.15) is 17.7 Å². The minimum atomic E-state index is -0.257. The van der Waals surface area contributed by atoms with Gasteiger partial charge in [-0.2, -0.15) is 5.10 Å². The summed E-state index contributed by atoms with van der Waals surface area (Å²) in [5, 5.41) is 6.05. The van der Waals surface area contributed by atoms with Crippen LogP contribution in [0.1, 0.15) is 55.4 Å². The van der Waals surface area contributed by atoms with E-state index in [0.29, 0.717) is 30.6 Å². The highest BCUT2D eigenvalue weighted by Crippen LogP contribution is 2.40. The van der Waals surface area contributed by atoms with Gasteiger partial charge in [-0.05, 0) is 32.3 Å². The lowest BCUT2D eigenvalue weighted by Gasteiger charge is -2.30. The highest BCUT2D eigenvalue weighted by atomic mass is 16.7. The molecule has 10 nitrogen and oxygen atoms in total. The molecule has 4 aliphatic rings. The summed E-state index contributed by atoms with van der Waals surface area (Å²) >= 11 is 0. The Balaban J connectivity index is 1.26. The molecule has 3 aliphatic heterocycles. The van der Waals surface area contributed by atoms with E-state index in [2.05, 4.69) is 21.1 Å². The average Bonchev–Trinajstić information content (AvgIpc) is 3.19. The van der Waals surface area contributed by atoms with E-state index >= 15 is 0 Å². The Morgan fingerprint density at radius 3 is 2.84 bits per heavy atom. The highest BCUT2D eigenvalue weighted by Gasteiger charge is 2.40. The first-order valence-electron chi connectivity index (χ1n) is 11.3. The molecule has 2 N–H and O–H groups in total. The molecule has 2 aromatic heterocycles. The largest absolute Gasteiger partial charge is 0.374 e. The second kappa shape index (κ2) is 7.56. The van der Waals surface area contributed by atoms with Crippen molar-refractivity contribution in [1.82, 2.24) is 24.8 Å². The molecule has 2 bridgehead atoms. The van der Waals surface area contributed by atoms with E-state index in [4.69, 9.17) is 25.3 Å². The molecule has 2 saturated heterocycles. The lowest BCUT2D eigenvalue weighted by molar-refractivity contribution is -0.137. The van der Waals surface area contributed by atoms with E-state index in [0.717, 1.165) is 61.0 Å². The number of hydroxylamine groups is 2. The zero-order chi connectivity index (χ0) is 21.8. The maximum absolute atomic E-state index is 6.14. The lowest BCUT2D eigenvalue weighted by atomic mass is 10.1. The summed E-state index contributed by atoms with van der Waals surface area (Å²) in [5.41, 5.74) is 8.81. The van der Waals surface area contributed by atoms with Crippen LogP contribution >= 0.6 is 0 Å². The van der Waals surface area contributed by atoms with Gasteiger partial charge in [-0.25, -0.2) is 20.0 Å². The Morgan fingerprint density at radius 2 is 2.16 bits per heavy atom. The summed E-state index contributed by atoms with van der Waals surface area (Å²) in [6.45, 7) is 4.08. The number of hydrogen-bond acceptors (Lipinski definition) is 9. The van der Waals surface area contributed by atoms with E-state index in [1.165, 1.54) is 0 Å². The van der Waals surface area contributed by atoms with Crippen molar-refractivity contribution in [2.45, 2.75) is 50.4 Å². The molecular weight excluding hydrogens is 408 g/mol. The summed E-state index contributed by atoms with van der Waals surface area (Å²) in [5.74, 6) is 2.70. The predicted octanol–water partition coefficient (Wildman–Crippen LogP) is 1.73. The molecule has 1 aliphatic carbocycles. The van der Waals surface area contributed by atoms with Gasteiger partial charge in [0.2, 0.25) is 5.96 Å². The number of aromatic nitrogens is 4. The molecule has 2 aromatic rings. The molecule has 6 rings (SSSR count). The second-order valence-corrected chi connectivity index (χ2v) is 9.08. The summed E-state index contributed by atoms with van der Waals surface area (Å²) in [6.07, 6.45) is 7.13. The Labute approximate surface area is 186 Å². The second-order valence-electron chi connectivity index (χ2n) is 9.08. The molecule has 3 atom stereocenters. The molecule has 168 valence electrons. The first-order valence-corrected chi connectivity index (χ1v) is 11.3. The molecule has 0 amide bonds. The van der Waals surface area contributed by atoms with Crippen LogP contribution < -0.4 is 10.6 Å². The standard InChI is InChI=1S/C22H28N8O2/c1-13(18-5-6-28(2)27-18)32-30-10-15(9-24-22(30)23)19-8-20(26-21(25-19)14-3-4-14)29-11-17-7-16(29)12-31-17/h5-6,8-9,13-14,16-17H,3-4,7,10-12H2,1-2H3,(H2,23,24)/t13?,16-,17-/m0/s1. The van der Waals surface area contributed by atoms with Gasteiger partial charge in [-0.3, -0.25) is 9.52 Å². The van der Waals surface area contributed by atoms with Crippen LogP contribution in [0.25, 0.3) is 5.57 Å². The normalized spacial score (nSPS) is 25.8. The fraction of sp³-hybridized carbons (Fsp3) is 0.545. The van der Waals surface area contributed by atoms with Crippen molar-refractivity contribution in [1.29, 1.82) is 0 Å². The van der Waals surface area contributed by atoms with Crippen molar-refractivity contribution < 1.29 is 9.57 Å². The fourth-order valence-electron chi connectivity index (χ4n) is 4.59. The minimum absolute atomic E-state index is 0.257. The number of fused-ring (bicyclic) bond motifs is 2. The van der Waals surface area contributed by atoms with Gasteiger partial charge >= 0.3 is 0 Å². The molecule has 5 heterocycles. The van der Waals surface area contributed by atoms with Crippen LogP contribution in [0.15, 0.2) is 29.5 Å². The SMILES string of the molecule is CC(ON1CC(c2cc(N3C[C@@H]4C[C@H]3CO4)nc(C3CC3)n2)=CN=C1N)c1ccn(C)n1. The summed E-state index contributed by atoms with van der Waals surface area (Å²) in [4.78, 5) is 22.7. The Hall–Kier alpha value is -2.98. The topological polar surface area (TPSA) is 107 Å². The summed E-state index contributed by atoms with van der Waals surface area (Å²) < 4.78 is 7.54. The van der Waals surface area contributed by atoms with E-state index < -0.39 is 0 Å². The van der Waals surface area contributed by atoms with Gasteiger partial charge in [0, 0.05) is 43.5 Å². The monoisotopic (exact) mass is 436 g/mol. The van der Waals surface area contributed by atoms with Crippen molar-refractivity contribution in [3.8, 4) is 0 Å². The van der Waals surface area contributed by atoms with Crippen molar-refractivity contribution in [2.75, 3.05) is 24.6 Å². The van der Waals surface area contributed by atoms with Crippen molar-refractivity contribution >= 4 is 17.4 Å². The number of nitrogens with zero attached hydrogens (tertiary/aromatic N) is 7. The fourth-order valence-corrected chi connectivity index (χ4v) is 4.59. The number of aryl methyl sites for hydroxylation is 1. The molecule has 1 saturated carbocycles. The quantitative estimate of drug-likeness (QED) is 0.730. The van der Waals surface area contributed by atoms with Gasteiger partial charge in [0.25, 0.3) is 0 Å². The number of hydrogen-bond donors (Lipinski definition) is 1. The summed E-state index contributed by atoms with van der Waals surface area (Å²) in [6, 6.07) is 4.42. The summed E-state index contributed by atoms with van der Waals surface area (Å²) in [7, 11) is 1.89. The van der Waals surface area contributed by atoms with Crippen LogP contribution in [0.2, 0.25) is 0 Å². The molecule has 1 unspecified atom stereocenters. The van der Waals surface area contributed by atoms with Crippen molar-refractivity contribution in [3.05, 3.63) is 41.7 Å². The van der Waals surface area contributed by atoms with Gasteiger partial charge in [0.15, 0.2) is 0 Å². The smallest absolute Gasteiger partial charge is 0.220 e. The highest BCUT2D eigenvalue weighted by molar-refractivity contribution is 5.83. The zero-order valence-electron chi connectivity index (χ0n) is 18.4. The number of morpholine rings is 1. The maximum atomic E-state index is 6.14. The van der Waals surface area contributed by atoms with Crippen molar-refractivity contribution in [2.24, 2.45) is 17.8 Å². The van der Waals surface area contributed by atoms with E-state index in [-0.39, 0.29) is 6.10 Å². The van der Waals surface area contributed by atoms with Crippen LogP contribution in [0.5, 0.6) is 0 Å². The molecular formula is C22H28N8O2. The molecule has 10 heteroatoms. The van der Waals surface area contributed by atoms with Crippen LogP contribution in [0, 0.1) is 0 Å². The van der Waals surface area contributed by atoms with Crippen LogP contribution in [0.4, 0.5) is 5.82 Å². The predicted molar refractivity (Wildman–Crippen MR) is 119 cm³/mol. The number of ether oxygens (including phenoxy) is 1. The Morgan fingerprint density at radius 1 is 1.28 bits per heavy atom. The first-order chi connectivity index (χ1) is 15.5. The molecule has 0 spiro atoms. The van der Waals surface area contributed by atoms with E-state index in [9.17, 15) is 0 Å². The lowest BCUT2D eigenvalue weighted by Crippen LogP contribution is -2.41. The van der Waals surface area contributed by atoms with Crippen LogP contribution in [-0.2, 0) is 16.6 Å². The number of nitrogens with two attached hydrogens (primary N) is 1.